The summed E-state index contributed by atoms with van der Waals surface area (Å²) in [4.78, 5) is 18.7. The molecule has 7 heteroatoms. The number of imidazole rings is 1. The summed E-state index contributed by atoms with van der Waals surface area (Å²) < 4.78 is 2.26. The average molecular weight is 375 g/mol. The number of hydrogen-bond donors (Lipinski definition) is 1. The SMILES string of the molecule is CC(C)CCN1CN=C2NC(c3cccnc3)n3c(nc4ccccc43)N2C1. The van der Waals surface area contributed by atoms with Crippen LogP contribution >= 0.6 is 0 Å². The fourth-order valence-corrected chi connectivity index (χ4v) is 3.86. The van der Waals surface area contributed by atoms with E-state index in [0.29, 0.717) is 12.6 Å². The van der Waals surface area contributed by atoms with E-state index in [1.165, 1.54) is 6.42 Å². The molecule has 0 saturated carbocycles. The van der Waals surface area contributed by atoms with Gasteiger partial charge in [0.05, 0.1) is 24.4 Å². The Labute approximate surface area is 164 Å². The van der Waals surface area contributed by atoms with Crippen molar-refractivity contribution in [2.45, 2.75) is 26.4 Å². The number of para-hydroxylation sites is 2. The first-order chi connectivity index (χ1) is 13.7. The molecule has 3 aromatic rings. The molecule has 0 saturated heterocycles. The van der Waals surface area contributed by atoms with Crippen molar-refractivity contribution in [3.05, 3.63) is 54.4 Å². The molecule has 0 bridgehead atoms. The minimum absolute atomic E-state index is 0.0756. The molecule has 144 valence electrons. The van der Waals surface area contributed by atoms with Crippen molar-refractivity contribution >= 4 is 22.9 Å². The van der Waals surface area contributed by atoms with Crippen molar-refractivity contribution in [1.82, 2.24) is 24.8 Å². The second-order valence-corrected chi connectivity index (χ2v) is 7.87. The van der Waals surface area contributed by atoms with Crippen LogP contribution in [0, 0.1) is 5.92 Å². The van der Waals surface area contributed by atoms with Gasteiger partial charge < -0.3 is 5.32 Å². The Morgan fingerprint density at radius 3 is 2.89 bits per heavy atom. The number of aliphatic imine (C=N–C) groups is 1. The zero-order valence-electron chi connectivity index (χ0n) is 16.3. The molecule has 4 heterocycles. The number of guanidine groups is 1. The molecule has 1 atom stereocenters. The van der Waals surface area contributed by atoms with Crippen LogP contribution < -0.4 is 10.2 Å². The van der Waals surface area contributed by atoms with Gasteiger partial charge in [-0.2, -0.15) is 0 Å². The average Bonchev–Trinajstić information content (AvgIpc) is 3.12. The summed E-state index contributed by atoms with van der Waals surface area (Å²) in [5.74, 6) is 2.50. The van der Waals surface area contributed by atoms with Gasteiger partial charge in [-0.25, -0.2) is 9.98 Å². The minimum atomic E-state index is -0.0756. The van der Waals surface area contributed by atoms with Gasteiger partial charge in [0.25, 0.3) is 0 Å². The summed E-state index contributed by atoms with van der Waals surface area (Å²) in [5, 5.41) is 3.62. The lowest BCUT2D eigenvalue weighted by molar-refractivity contribution is 0.256. The van der Waals surface area contributed by atoms with Crippen LogP contribution in [0.1, 0.15) is 32.0 Å². The molecule has 7 nitrogen and oxygen atoms in total. The lowest BCUT2D eigenvalue weighted by atomic mass is 10.1. The lowest BCUT2D eigenvalue weighted by Crippen LogP contribution is -2.57. The molecular weight excluding hydrogens is 350 g/mol. The van der Waals surface area contributed by atoms with E-state index in [0.717, 1.165) is 41.7 Å². The van der Waals surface area contributed by atoms with Crippen LogP contribution in [-0.2, 0) is 0 Å². The quantitative estimate of drug-likeness (QED) is 0.760. The number of nitrogens with one attached hydrogen (secondary N) is 1. The topological polar surface area (TPSA) is 61.6 Å². The van der Waals surface area contributed by atoms with Crippen LogP contribution in [0.3, 0.4) is 0 Å². The molecule has 2 aliphatic rings. The van der Waals surface area contributed by atoms with Crippen molar-refractivity contribution in [3.63, 3.8) is 0 Å². The van der Waals surface area contributed by atoms with Gasteiger partial charge in [-0.1, -0.05) is 32.0 Å². The molecule has 0 spiro atoms. The maximum Gasteiger partial charge on any atom is 0.216 e. The van der Waals surface area contributed by atoms with Gasteiger partial charge in [-0.05, 0) is 30.5 Å². The summed E-state index contributed by atoms with van der Waals surface area (Å²) in [6.45, 7) is 7.07. The summed E-state index contributed by atoms with van der Waals surface area (Å²) in [7, 11) is 0. The van der Waals surface area contributed by atoms with E-state index in [4.69, 9.17) is 9.98 Å². The summed E-state index contributed by atoms with van der Waals surface area (Å²) in [6.07, 6.45) is 4.80. The standard InChI is InChI=1S/C21H25N7/c1-15(2)9-11-26-13-23-20-25-19(16-6-5-10-22-12-16)28-18-8-4-3-7-17(18)24-21(28)27(20)14-26/h3-8,10,12,15,19H,9,11,13-14H2,1-2H3,(H,23,25). The second-order valence-electron chi connectivity index (χ2n) is 7.87. The van der Waals surface area contributed by atoms with Crippen molar-refractivity contribution in [2.75, 3.05) is 24.8 Å². The molecule has 0 fully saturated rings. The van der Waals surface area contributed by atoms with E-state index in [-0.39, 0.29) is 6.17 Å². The van der Waals surface area contributed by atoms with E-state index < -0.39 is 0 Å². The molecule has 1 N–H and O–H groups in total. The predicted molar refractivity (Wildman–Crippen MR) is 111 cm³/mol. The van der Waals surface area contributed by atoms with Crippen molar-refractivity contribution in [3.8, 4) is 0 Å². The van der Waals surface area contributed by atoms with Crippen LogP contribution in [0.15, 0.2) is 53.8 Å². The highest BCUT2D eigenvalue weighted by molar-refractivity contribution is 5.98. The van der Waals surface area contributed by atoms with Crippen molar-refractivity contribution < 1.29 is 0 Å². The summed E-state index contributed by atoms with van der Waals surface area (Å²) in [6, 6.07) is 12.4. The van der Waals surface area contributed by atoms with Gasteiger partial charge >= 0.3 is 0 Å². The maximum atomic E-state index is 4.96. The first-order valence-electron chi connectivity index (χ1n) is 9.88. The number of benzene rings is 1. The Balaban J connectivity index is 1.58. The number of aromatic nitrogens is 3. The molecule has 1 aromatic carbocycles. The van der Waals surface area contributed by atoms with Gasteiger partial charge in [0, 0.05) is 24.5 Å². The van der Waals surface area contributed by atoms with Crippen molar-refractivity contribution in [2.24, 2.45) is 10.9 Å². The van der Waals surface area contributed by atoms with Gasteiger partial charge in [-0.3, -0.25) is 19.4 Å². The monoisotopic (exact) mass is 375 g/mol. The van der Waals surface area contributed by atoms with E-state index in [1.807, 2.05) is 18.3 Å². The zero-order chi connectivity index (χ0) is 19.1. The van der Waals surface area contributed by atoms with Crippen LogP contribution in [0.25, 0.3) is 11.0 Å². The van der Waals surface area contributed by atoms with Crippen LogP contribution in [-0.4, -0.2) is 45.3 Å². The van der Waals surface area contributed by atoms with Gasteiger partial charge in [-0.15, -0.1) is 0 Å². The molecule has 28 heavy (non-hydrogen) atoms. The molecule has 2 aliphatic heterocycles. The zero-order valence-corrected chi connectivity index (χ0v) is 16.3. The second kappa shape index (κ2) is 6.91. The highest BCUT2D eigenvalue weighted by atomic mass is 15.5. The number of nitrogens with zero attached hydrogens (tertiary/aromatic N) is 6. The number of anilines is 1. The molecule has 0 aliphatic carbocycles. The van der Waals surface area contributed by atoms with Gasteiger partial charge in [0.1, 0.15) is 6.17 Å². The molecule has 0 amide bonds. The fraction of sp³-hybridized carbons (Fsp3) is 0.381. The first kappa shape index (κ1) is 17.2. The highest BCUT2D eigenvalue weighted by Crippen LogP contribution is 2.33. The number of rotatable bonds is 4. The van der Waals surface area contributed by atoms with Crippen LogP contribution in [0.4, 0.5) is 5.95 Å². The fourth-order valence-electron chi connectivity index (χ4n) is 3.86. The summed E-state index contributed by atoms with van der Waals surface area (Å²) >= 11 is 0. The molecule has 1 unspecified atom stereocenters. The Kier molecular flexibility index (Phi) is 4.24. The van der Waals surface area contributed by atoms with Crippen LogP contribution in [0.2, 0.25) is 0 Å². The Hall–Kier alpha value is -2.93. The Morgan fingerprint density at radius 2 is 2.07 bits per heavy atom. The number of fused-ring (bicyclic) bond motifs is 5. The third-order valence-corrected chi connectivity index (χ3v) is 5.38. The molecule has 5 rings (SSSR count). The van der Waals surface area contributed by atoms with Gasteiger partial charge in [0.2, 0.25) is 11.9 Å². The minimum Gasteiger partial charge on any atom is -0.331 e. The number of hydrogen-bond acceptors (Lipinski definition) is 6. The molecule has 2 aromatic heterocycles. The van der Waals surface area contributed by atoms with E-state index in [9.17, 15) is 0 Å². The molecule has 0 radical (unpaired) electrons. The van der Waals surface area contributed by atoms with E-state index >= 15 is 0 Å². The Morgan fingerprint density at radius 1 is 1.18 bits per heavy atom. The largest absolute Gasteiger partial charge is 0.331 e. The maximum absolute atomic E-state index is 4.96. The van der Waals surface area contributed by atoms with E-state index in [2.05, 4.69) is 62.8 Å². The summed E-state index contributed by atoms with van der Waals surface area (Å²) in [5.41, 5.74) is 3.20. The van der Waals surface area contributed by atoms with Gasteiger partial charge in [0.15, 0.2) is 0 Å². The van der Waals surface area contributed by atoms with Crippen molar-refractivity contribution in [1.29, 1.82) is 0 Å². The third kappa shape index (κ3) is 2.92. The number of pyridine rings is 1. The first-order valence-corrected chi connectivity index (χ1v) is 9.88. The molecular formula is C21H25N7. The van der Waals surface area contributed by atoms with E-state index in [1.54, 1.807) is 6.20 Å². The Bertz CT molecular complexity index is 1010. The third-order valence-electron chi connectivity index (χ3n) is 5.38. The van der Waals surface area contributed by atoms with Crippen LogP contribution in [0.5, 0.6) is 0 Å². The predicted octanol–water partition coefficient (Wildman–Crippen LogP) is 3.02. The smallest absolute Gasteiger partial charge is 0.216 e. The normalized spacial score (nSPS) is 19.3. The lowest BCUT2D eigenvalue weighted by Gasteiger charge is -2.41. The highest BCUT2D eigenvalue weighted by Gasteiger charge is 2.35.